The van der Waals surface area contributed by atoms with Crippen LogP contribution in [0, 0.1) is 12.8 Å². The van der Waals surface area contributed by atoms with Crippen molar-refractivity contribution in [1.29, 1.82) is 0 Å². The zero-order chi connectivity index (χ0) is 15.9. The fourth-order valence-electron chi connectivity index (χ4n) is 2.51. The second-order valence-electron chi connectivity index (χ2n) is 6.13. The van der Waals surface area contributed by atoms with Crippen molar-refractivity contribution in [1.82, 2.24) is 10.1 Å². The molecule has 2 aromatic rings. The molecule has 0 atom stereocenters. The summed E-state index contributed by atoms with van der Waals surface area (Å²) in [5.41, 5.74) is 0.665. The van der Waals surface area contributed by atoms with Gasteiger partial charge in [0.2, 0.25) is 0 Å². The average Bonchev–Trinajstić information content (AvgIpc) is 2.93. The van der Waals surface area contributed by atoms with Crippen molar-refractivity contribution in [3.8, 4) is 17.2 Å². The van der Waals surface area contributed by atoms with Crippen molar-refractivity contribution in [2.45, 2.75) is 26.4 Å². The van der Waals surface area contributed by atoms with Crippen LogP contribution < -0.4 is 9.64 Å². The molecule has 0 spiro atoms. The van der Waals surface area contributed by atoms with Crippen LogP contribution in [0.5, 0.6) is 5.75 Å². The molecule has 118 valence electrons. The Bertz CT molecular complexity index is 678. The smallest absolute Gasteiger partial charge is 0.266 e. The summed E-state index contributed by atoms with van der Waals surface area (Å²) in [7, 11) is 1.62. The lowest BCUT2D eigenvalue weighted by atomic mass is 9.85. The molecule has 3 rings (SSSR count). The first-order valence-corrected chi connectivity index (χ1v) is 7.35. The van der Waals surface area contributed by atoms with Gasteiger partial charge in [0.25, 0.3) is 11.8 Å². The minimum atomic E-state index is -1.16. The number of aryl methyl sites for hydroxylation is 1. The molecular weight excluding hydrogens is 285 g/mol. The highest BCUT2D eigenvalue weighted by molar-refractivity contribution is 5.59. The Hall–Kier alpha value is -2.11. The summed E-state index contributed by atoms with van der Waals surface area (Å²) in [6.45, 7) is 6.35. The molecule has 5 nitrogen and oxygen atoms in total. The standard InChI is InChI=1S/C16H20FN3O2/c1-10(2)16(17)8-20(9-16)15-18-14(22-19-15)12-6-5-11(3)13(7-12)21-4/h5-7,10H,8-9H2,1-4H3. The molecule has 22 heavy (non-hydrogen) atoms. The number of ether oxygens (including phenoxy) is 1. The summed E-state index contributed by atoms with van der Waals surface area (Å²) in [6.07, 6.45) is 0. The summed E-state index contributed by atoms with van der Waals surface area (Å²) in [6, 6.07) is 5.70. The van der Waals surface area contributed by atoms with E-state index < -0.39 is 5.67 Å². The molecule has 0 N–H and O–H groups in total. The Morgan fingerprint density at radius 2 is 2.09 bits per heavy atom. The van der Waals surface area contributed by atoms with Crippen LogP contribution in [0.4, 0.5) is 10.3 Å². The summed E-state index contributed by atoms with van der Waals surface area (Å²) < 4.78 is 24.9. The number of rotatable bonds is 4. The molecule has 1 fully saturated rings. The first kappa shape index (κ1) is 14.8. The van der Waals surface area contributed by atoms with E-state index in [1.54, 1.807) is 12.0 Å². The number of anilines is 1. The maximum Gasteiger partial charge on any atom is 0.266 e. The number of halogens is 1. The SMILES string of the molecule is COc1cc(-c2nc(N3CC(F)(C(C)C)C3)no2)ccc1C. The summed E-state index contributed by atoms with van der Waals surface area (Å²) in [5, 5.41) is 3.95. The monoisotopic (exact) mass is 305 g/mol. The van der Waals surface area contributed by atoms with Crippen LogP contribution >= 0.6 is 0 Å². The molecule has 1 saturated heterocycles. The van der Waals surface area contributed by atoms with Crippen LogP contribution in [-0.4, -0.2) is 36.0 Å². The highest BCUT2D eigenvalue weighted by Crippen LogP contribution is 2.36. The van der Waals surface area contributed by atoms with E-state index in [0.717, 1.165) is 16.9 Å². The van der Waals surface area contributed by atoms with E-state index in [9.17, 15) is 4.39 Å². The Balaban J connectivity index is 1.78. The Morgan fingerprint density at radius 3 is 2.73 bits per heavy atom. The number of nitrogens with zero attached hydrogens (tertiary/aromatic N) is 3. The van der Waals surface area contributed by atoms with Gasteiger partial charge in [-0.15, -0.1) is 0 Å². The van der Waals surface area contributed by atoms with Crippen LogP contribution in [0.1, 0.15) is 19.4 Å². The van der Waals surface area contributed by atoms with Crippen molar-refractivity contribution in [3.63, 3.8) is 0 Å². The van der Waals surface area contributed by atoms with Gasteiger partial charge >= 0.3 is 0 Å². The normalized spacial score (nSPS) is 16.7. The van der Waals surface area contributed by atoms with E-state index in [1.807, 2.05) is 39.0 Å². The zero-order valence-electron chi connectivity index (χ0n) is 13.3. The van der Waals surface area contributed by atoms with Gasteiger partial charge in [0.15, 0.2) is 0 Å². The van der Waals surface area contributed by atoms with Crippen LogP contribution in [0.15, 0.2) is 22.7 Å². The lowest BCUT2D eigenvalue weighted by Crippen LogP contribution is -2.62. The first-order chi connectivity index (χ1) is 10.4. The van der Waals surface area contributed by atoms with Crippen LogP contribution in [0.3, 0.4) is 0 Å². The number of hydrogen-bond acceptors (Lipinski definition) is 5. The zero-order valence-corrected chi connectivity index (χ0v) is 13.3. The number of hydrogen-bond donors (Lipinski definition) is 0. The van der Waals surface area contributed by atoms with Gasteiger partial charge in [-0.05, 0) is 35.7 Å². The summed E-state index contributed by atoms with van der Waals surface area (Å²) in [4.78, 5) is 6.15. The third-order valence-corrected chi connectivity index (χ3v) is 4.30. The van der Waals surface area contributed by atoms with Gasteiger partial charge in [-0.2, -0.15) is 4.98 Å². The van der Waals surface area contributed by atoms with Gasteiger partial charge in [-0.3, -0.25) is 0 Å². The van der Waals surface area contributed by atoms with Gasteiger partial charge in [-0.1, -0.05) is 19.9 Å². The van der Waals surface area contributed by atoms with Crippen LogP contribution in [0.2, 0.25) is 0 Å². The van der Waals surface area contributed by atoms with E-state index in [4.69, 9.17) is 9.26 Å². The third-order valence-electron chi connectivity index (χ3n) is 4.30. The largest absolute Gasteiger partial charge is 0.496 e. The van der Waals surface area contributed by atoms with Crippen LogP contribution in [0.25, 0.3) is 11.5 Å². The van der Waals surface area contributed by atoms with Gasteiger partial charge in [-0.25, -0.2) is 4.39 Å². The Morgan fingerprint density at radius 1 is 1.36 bits per heavy atom. The topological polar surface area (TPSA) is 51.4 Å². The van der Waals surface area contributed by atoms with Crippen molar-refractivity contribution in [2.24, 2.45) is 5.92 Å². The van der Waals surface area contributed by atoms with Crippen molar-refractivity contribution in [3.05, 3.63) is 23.8 Å². The second kappa shape index (κ2) is 5.26. The molecule has 0 aliphatic carbocycles. The van der Waals surface area contributed by atoms with E-state index in [2.05, 4.69) is 10.1 Å². The Kier molecular flexibility index (Phi) is 3.54. The third kappa shape index (κ3) is 2.42. The lowest BCUT2D eigenvalue weighted by Gasteiger charge is -2.46. The molecule has 0 radical (unpaired) electrons. The number of alkyl halides is 1. The molecule has 0 saturated carbocycles. The van der Waals surface area contributed by atoms with Crippen molar-refractivity contribution < 1.29 is 13.7 Å². The Labute approximate surface area is 129 Å². The molecule has 0 unspecified atom stereocenters. The van der Waals surface area contributed by atoms with Gasteiger partial charge in [0, 0.05) is 5.56 Å². The molecule has 1 aliphatic heterocycles. The van der Waals surface area contributed by atoms with Gasteiger partial charge < -0.3 is 14.2 Å². The quantitative estimate of drug-likeness (QED) is 0.868. The predicted molar refractivity (Wildman–Crippen MR) is 81.9 cm³/mol. The predicted octanol–water partition coefficient (Wildman–Crippen LogP) is 3.24. The molecule has 1 aliphatic rings. The fourth-order valence-corrected chi connectivity index (χ4v) is 2.51. The lowest BCUT2D eigenvalue weighted by molar-refractivity contribution is 0.0638. The number of benzene rings is 1. The molecule has 1 aromatic heterocycles. The molecule has 6 heteroatoms. The van der Waals surface area contributed by atoms with E-state index in [1.165, 1.54) is 0 Å². The summed E-state index contributed by atoms with van der Waals surface area (Å²) in [5.74, 6) is 1.60. The second-order valence-corrected chi connectivity index (χ2v) is 6.13. The minimum absolute atomic E-state index is 0.0171. The molecule has 0 amide bonds. The number of methoxy groups -OCH3 is 1. The number of aromatic nitrogens is 2. The van der Waals surface area contributed by atoms with Crippen molar-refractivity contribution >= 4 is 5.95 Å². The molecule has 1 aromatic carbocycles. The maximum absolute atomic E-state index is 14.3. The van der Waals surface area contributed by atoms with E-state index in [0.29, 0.717) is 24.9 Å². The van der Waals surface area contributed by atoms with Crippen molar-refractivity contribution in [2.75, 3.05) is 25.1 Å². The van der Waals surface area contributed by atoms with E-state index >= 15 is 0 Å². The minimum Gasteiger partial charge on any atom is -0.496 e. The first-order valence-electron chi connectivity index (χ1n) is 7.35. The molecule has 2 heterocycles. The fraction of sp³-hybridized carbons (Fsp3) is 0.500. The highest BCUT2D eigenvalue weighted by Gasteiger charge is 2.47. The summed E-state index contributed by atoms with van der Waals surface area (Å²) >= 11 is 0. The van der Waals surface area contributed by atoms with Gasteiger partial charge in [0.1, 0.15) is 11.4 Å². The maximum atomic E-state index is 14.3. The van der Waals surface area contributed by atoms with E-state index in [-0.39, 0.29) is 5.92 Å². The molecular formula is C16H20FN3O2. The van der Waals surface area contributed by atoms with Crippen LogP contribution in [-0.2, 0) is 0 Å². The molecule has 0 bridgehead atoms. The highest BCUT2D eigenvalue weighted by atomic mass is 19.1. The average molecular weight is 305 g/mol. The van der Waals surface area contributed by atoms with Gasteiger partial charge in [0.05, 0.1) is 20.2 Å².